The number of amides is 1. The van der Waals surface area contributed by atoms with E-state index in [9.17, 15) is 4.79 Å². The number of aromatic nitrogens is 2. The fraction of sp³-hybridized carbons (Fsp3) is 0.429. The van der Waals surface area contributed by atoms with Crippen molar-refractivity contribution in [1.29, 1.82) is 0 Å². The maximum Gasteiger partial charge on any atom is 0.265 e. The van der Waals surface area contributed by atoms with Crippen LogP contribution in [0.25, 0.3) is 0 Å². The summed E-state index contributed by atoms with van der Waals surface area (Å²) in [5.74, 6) is -0.218. The maximum atomic E-state index is 11.5. The second kappa shape index (κ2) is 4.97. The fourth-order valence-corrected chi connectivity index (χ4v) is 1.60. The summed E-state index contributed by atoms with van der Waals surface area (Å²) in [5, 5.41) is 6.41. The molecule has 1 heterocycles. The molecule has 0 radical (unpaired) electrons. The van der Waals surface area contributed by atoms with Gasteiger partial charge in [0.15, 0.2) is 0 Å². The SMILES string of the molecule is CCc1nnsc1C(=O)NCC(N)=S. The topological polar surface area (TPSA) is 80.9 Å². The minimum atomic E-state index is -0.218. The average molecular weight is 230 g/mol. The van der Waals surface area contributed by atoms with Crippen molar-refractivity contribution < 1.29 is 4.79 Å². The third kappa shape index (κ3) is 2.71. The van der Waals surface area contributed by atoms with Gasteiger partial charge in [-0.3, -0.25) is 4.79 Å². The molecule has 7 heteroatoms. The Bertz CT molecular complexity index is 349. The van der Waals surface area contributed by atoms with Crippen LogP contribution in [0.15, 0.2) is 0 Å². The Balaban J connectivity index is 2.64. The van der Waals surface area contributed by atoms with Crippen molar-refractivity contribution in [3.05, 3.63) is 10.6 Å². The molecule has 76 valence electrons. The van der Waals surface area contributed by atoms with Crippen molar-refractivity contribution in [1.82, 2.24) is 14.9 Å². The van der Waals surface area contributed by atoms with E-state index in [4.69, 9.17) is 5.73 Å². The van der Waals surface area contributed by atoms with E-state index < -0.39 is 0 Å². The molecule has 0 bridgehead atoms. The highest BCUT2D eigenvalue weighted by Crippen LogP contribution is 2.10. The zero-order valence-corrected chi connectivity index (χ0v) is 9.24. The predicted octanol–water partition coefficient (Wildman–Crippen LogP) is 0.116. The number of nitrogens with one attached hydrogen (secondary N) is 1. The van der Waals surface area contributed by atoms with E-state index in [1.165, 1.54) is 0 Å². The Morgan fingerprint density at radius 3 is 3.00 bits per heavy atom. The Kier molecular flexibility index (Phi) is 3.90. The van der Waals surface area contributed by atoms with Gasteiger partial charge in [0.1, 0.15) is 4.88 Å². The molecule has 1 aromatic rings. The van der Waals surface area contributed by atoms with Crippen molar-refractivity contribution >= 4 is 34.6 Å². The molecule has 1 amide bonds. The van der Waals surface area contributed by atoms with Gasteiger partial charge in [0.2, 0.25) is 0 Å². The number of hydrogen-bond acceptors (Lipinski definition) is 5. The van der Waals surface area contributed by atoms with Gasteiger partial charge in [-0.15, -0.1) is 5.10 Å². The second-order valence-electron chi connectivity index (χ2n) is 2.55. The van der Waals surface area contributed by atoms with Crippen LogP contribution >= 0.6 is 23.8 Å². The normalized spacial score (nSPS) is 9.79. The van der Waals surface area contributed by atoms with Gasteiger partial charge >= 0.3 is 0 Å². The number of nitrogens with two attached hydrogens (primary N) is 1. The first-order valence-corrected chi connectivity index (χ1v) is 5.21. The van der Waals surface area contributed by atoms with Crippen LogP contribution in [0.3, 0.4) is 0 Å². The highest BCUT2D eigenvalue weighted by atomic mass is 32.1. The van der Waals surface area contributed by atoms with Gasteiger partial charge in [0.05, 0.1) is 17.2 Å². The monoisotopic (exact) mass is 230 g/mol. The second-order valence-corrected chi connectivity index (χ2v) is 3.83. The minimum absolute atomic E-state index is 0.204. The van der Waals surface area contributed by atoms with Crippen LogP contribution in [0.5, 0.6) is 0 Å². The molecule has 1 aromatic heterocycles. The molecule has 0 atom stereocenters. The lowest BCUT2D eigenvalue weighted by Crippen LogP contribution is -2.32. The fourth-order valence-electron chi connectivity index (χ4n) is 0.860. The van der Waals surface area contributed by atoms with Crippen molar-refractivity contribution in [2.24, 2.45) is 5.73 Å². The summed E-state index contributed by atoms with van der Waals surface area (Å²) in [6, 6.07) is 0. The molecular formula is C7H10N4OS2. The molecule has 5 nitrogen and oxygen atoms in total. The number of carbonyl (C=O) groups is 1. The largest absolute Gasteiger partial charge is 0.392 e. The first kappa shape index (κ1) is 11.0. The van der Waals surface area contributed by atoms with E-state index in [1.54, 1.807) is 0 Å². The van der Waals surface area contributed by atoms with Crippen LogP contribution < -0.4 is 11.1 Å². The van der Waals surface area contributed by atoms with E-state index in [0.29, 0.717) is 17.0 Å². The van der Waals surface area contributed by atoms with E-state index >= 15 is 0 Å². The molecule has 0 fully saturated rings. The molecule has 0 spiro atoms. The third-order valence-corrected chi connectivity index (χ3v) is 2.43. The number of hydrogen-bond donors (Lipinski definition) is 2. The summed E-state index contributed by atoms with van der Waals surface area (Å²) in [6.07, 6.45) is 0.687. The van der Waals surface area contributed by atoms with Gasteiger partial charge in [-0.05, 0) is 18.0 Å². The molecule has 1 rings (SSSR count). The van der Waals surface area contributed by atoms with Crippen LogP contribution in [0.4, 0.5) is 0 Å². The Morgan fingerprint density at radius 1 is 1.71 bits per heavy atom. The quantitative estimate of drug-likeness (QED) is 0.718. The molecule has 0 saturated heterocycles. The van der Waals surface area contributed by atoms with E-state index in [-0.39, 0.29) is 17.4 Å². The predicted molar refractivity (Wildman–Crippen MR) is 58.4 cm³/mol. The summed E-state index contributed by atoms with van der Waals surface area (Å²) < 4.78 is 3.71. The smallest absolute Gasteiger partial charge is 0.265 e. The number of rotatable bonds is 4. The van der Waals surface area contributed by atoms with Crippen molar-refractivity contribution in [2.45, 2.75) is 13.3 Å². The highest BCUT2D eigenvalue weighted by molar-refractivity contribution is 7.80. The number of nitrogens with zero attached hydrogens (tertiary/aromatic N) is 2. The van der Waals surface area contributed by atoms with Crippen molar-refractivity contribution in [3.8, 4) is 0 Å². The van der Waals surface area contributed by atoms with Crippen molar-refractivity contribution in [2.75, 3.05) is 6.54 Å². The minimum Gasteiger partial charge on any atom is -0.392 e. The zero-order valence-electron chi connectivity index (χ0n) is 7.61. The van der Waals surface area contributed by atoms with Crippen LogP contribution in [0.2, 0.25) is 0 Å². The van der Waals surface area contributed by atoms with E-state index in [1.807, 2.05) is 6.92 Å². The zero-order chi connectivity index (χ0) is 10.6. The summed E-state index contributed by atoms with van der Waals surface area (Å²) in [7, 11) is 0. The van der Waals surface area contributed by atoms with Crippen LogP contribution in [0.1, 0.15) is 22.3 Å². The van der Waals surface area contributed by atoms with Gasteiger partial charge in [-0.2, -0.15) is 0 Å². The lowest BCUT2D eigenvalue weighted by Gasteiger charge is -2.01. The first-order chi connectivity index (χ1) is 6.65. The molecule has 3 N–H and O–H groups in total. The van der Waals surface area contributed by atoms with Crippen LogP contribution in [-0.4, -0.2) is 27.0 Å². The molecular weight excluding hydrogens is 220 g/mol. The van der Waals surface area contributed by atoms with E-state index in [2.05, 4.69) is 27.1 Å². The standard InChI is InChI=1S/C7H10N4OS2/c1-2-4-6(14-11-10-4)7(12)9-3-5(8)13/h2-3H2,1H3,(H2,8,13)(H,9,12). The Morgan fingerprint density at radius 2 is 2.43 bits per heavy atom. The Labute approximate surface area is 90.9 Å². The molecule has 0 saturated carbocycles. The number of thiocarbonyl (C=S) groups is 1. The first-order valence-electron chi connectivity index (χ1n) is 4.02. The Hall–Kier alpha value is -1.08. The summed E-state index contributed by atoms with van der Waals surface area (Å²) >= 11 is 5.72. The highest BCUT2D eigenvalue weighted by Gasteiger charge is 2.14. The third-order valence-electron chi connectivity index (χ3n) is 1.52. The van der Waals surface area contributed by atoms with Gasteiger partial charge in [0, 0.05) is 0 Å². The molecule has 0 aliphatic carbocycles. The summed E-state index contributed by atoms with van der Waals surface area (Å²) in [5.41, 5.74) is 5.96. The number of carbonyl (C=O) groups excluding carboxylic acids is 1. The molecule has 0 aliphatic heterocycles. The average Bonchev–Trinajstić information content (AvgIpc) is 2.61. The molecule has 0 aliphatic rings. The van der Waals surface area contributed by atoms with Gasteiger partial charge in [-0.1, -0.05) is 23.6 Å². The molecule has 0 unspecified atom stereocenters. The van der Waals surface area contributed by atoms with E-state index in [0.717, 1.165) is 11.5 Å². The summed E-state index contributed by atoms with van der Waals surface area (Å²) in [6.45, 7) is 2.12. The number of aryl methyl sites for hydroxylation is 1. The van der Waals surface area contributed by atoms with Crippen LogP contribution in [0, 0.1) is 0 Å². The summed E-state index contributed by atoms with van der Waals surface area (Å²) in [4.78, 5) is 12.3. The van der Waals surface area contributed by atoms with Gasteiger partial charge < -0.3 is 11.1 Å². The van der Waals surface area contributed by atoms with Crippen LogP contribution in [-0.2, 0) is 6.42 Å². The molecule has 0 aromatic carbocycles. The van der Waals surface area contributed by atoms with Gasteiger partial charge in [0.25, 0.3) is 5.91 Å². The van der Waals surface area contributed by atoms with Crippen molar-refractivity contribution in [3.63, 3.8) is 0 Å². The lowest BCUT2D eigenvalue weighted by atomic mass is 10.3. The lowest BCUT2D eigenvalue weighted by molar-refractivity contribution is 0.0962. The molecule has 14 heavy (non-hydrogen) atoms. The van der Waals surface area contributed by atoms with Gasteiger partial charge in [-0.25, -0.2) is 0 Å². The maximum absolute atomic E-state index is 11.5.